The summed E-state index contributed by atoms with van der Waals surface area (Å²) in [6, 6.07) is 5.41. The number of amides is 1. The molecule has 0 radical (unpaired) electrons. The summed E-state index contributed by atoms with van der Waals surface area (Å²) in [6.07, 6.45) is 2.75. The van der Waals surface area contributed by atoms with Gasteiger partial charge in [-0.3, -0.25) is 9.78 Å². The SMILES string of the molecule is Cc1cc(-c2nc(C(=O)Nc3cc4oc(C5CNCCO5)nc4nc3N3CCN(C)CC3)co2)ccn1. The van der Waals surface area contributed by atoms with E-state index >= 15 is 0 Å². The number of hydrogen-bond acceptors (Lipinski definition) is 11. The van der Waals surface area contributed by atoms with Gasteiger partial charge in [0.2, 0.25) is 17.4 Å². The van der Waals surface area contributed by atoms with Crippen LogP contribution in [-0.2, 0) is 4.74 Å². The molecule has 0 aliphatic carbocycles. The summed E-state index contributed by atoms with van der Waals surface area (Å²) in [6.45, 7) is 7.20. The van der Waals surface area contributed by atoms with Crippen LogP contribution in [-0.4, -0.2) is 83.7 Å². The molecule has 4 aromatic rings. The Balaban J connectivity index is 1.31. The summed E-state index contributed by atoms with van der Waals surface area (Å²) >= 11 is 0. The number of rotatable bonds is 5. The second-order valence-electron chi connectivity index (χ2n) is 9.27. The number of oxazole rings is 2. The lowest BCUT2D eigenvalue weighted by molar-refractivity contribution is 0.0118. The van der Waals surface area contributed by atoms with Gasteiger partial charge in [0.15, 0.2) is 17.1 Å². The van der Waals surface area contributed by atoms with Crippen LogP contribution in [0.3, 0.4) is 0 Å². The zero-order valence-corrected chi connectivity index (χ0v) is 20.7. The number of nitrogens with zero attached hydrogens (tertiary/aromatic N) is 6. The highest BCUT2D eigenvalue weighted by molar-refractivity contribution is 6.05. The molecule has 2 aliphatic heterocycles. The van der Waals surface area contributed by atoms with Crippen LogP contribution < -0.4 is 15.5 Å². The first kappa shape index (κ1) is 23.5. The van der Waals surface area contributed by atoms with Crippen LogP contribution in [0.1, 0.15) is 28.2 Å². The van der Waals surface area contributed by atoms with Crippen molar-refractivity contribution in [2.75, 3.05) is 63.1 Å². The van der Waals surface area contributed by atoms with Crippen molar-refractivity contribution in [3.8, 4) is 11.5 Å². The number of morpholine rings is 1. The number of carbonyl (C=O) groups is 1. The first-order chi connectivity index (χ1) is 18.0. The van der Waals surface area contributed by atoms with Crippen LogP contribution in [0.4, 0.5) is 11.5 Å². The molecule has 1 unspecified atom stereocenters. The summed E-state index contributed by atoms with van der Waals surface area (Å²) in [5, 5.41) is 6.25. The number of nitrogens with one attached hydrogen (secondary N) is 2. The Morgan fingerprint density at radius 2 is 2.03 bits per heavy atom. The van der Waals surface area contributed by atoms with E-state index in [1.165, 1.54) is 6.26 Å². The summed E-state index contributed by atoms with van der Waals surface area (Å²) in [7, 11) is 2.09. The predicted octanol–water partition coefficient (Wildman–Crippen LogP) is 2.25. The molecule has 1 atom stereocenters. The van der Waals surface area contributed by atoms with Crippen LogP contribution >= 0.6 is 0 Å². The molecule has 6 rings (SSSR count). The molecule has 192 valence electrons. The second-order valence-corrected chi connectivity index (χ2v) is 9.27. The molecule has 0 spiro atoms. The van der Waals surface area contributed by atoms with E-state index in [2.05, 4.69) is 42.4 Å². The average Bonchev–Trinajstić information content (AvgIpc) is 3.57. The Kier molecular flexibility index (Phi) is 6.28. The van der Waals surface area contributed by atoms with Gasteiger partial charge in [0.1, 0.15) is 12.4 Å². The molecule has 6 heterocycles. The molecule has 2 saturated heterocycles. The Labute approximate surface area is 213 Å². The first-order valence-electron chi connectivity index (χ1n) is 12.3. The number of aromatic nitrogens is 4. The van der Waals surface area contributed by atoms with Gasteiger partial charge in [-0.25, -0.2) is 9.97 Å². The third-order valence-electron chi connectivity index (χ3n) is 6.51. The monoisotopic (exact) mass is 504 g/mol. The fourth-order valence-electron chi connectivity index (χ4n) is 4.46. The van der Waals surface area contributed by atoms with Crippen LogP contribution in [0.5, 0.6) is 0 Å². The summed E-state index contributed by atoms with van der Waals surface area (Å²) in [4.78, 5) is 35.6. The van der Waals surface area contributed by atoms with Gasteiger partial charge >= 0.3 is 0 Å². The summed E-state index contributed by atoms with van der Waals surface area (Å²) in [5.41, 5.74) is 3.23. The van der Waals surface area contributed by atoms with Gasteiger partial charge < -0.3 is 34.0 Å². The van der Waals surface area contributed by atoms with Gasteiger partial charge in [-0.1, -0.05) is 0 Å². The highest BCUT2D eigenvalue weighted by Crippen LogP contribution is 2.32. The van der Waals surface area contributed by atoms with E-state index in [1.807, 2.05) is 13.0 Å². The van der Waals surface area contributed by atoms with E-state index < -0.39 is 5.91 Å². The van der Waals surface area contributed by atoms with Gasteiger partial charge in [-0.2, -0.15) is 4.98 Å². The summed E-state index contributed by atoms with van der Waals surface area (Å²) in [5.74, 6) is 1.06. The topological polar surface area (TPSA) is 135 Å². The van der Waals surface area contributed by atoms with Crippen LogP contribution in [0.15, 0.2) is 39.5 Å². The number of likely N-dealkylation sites (N-methyl/N-ethyl adjacent to an activating group) is 1. The molecule has 0 aromatic carbocycles. The van der Waals surface area contributed by atoms with Gasteiger partial charge in [-0.15, -0.1) is 0 Å². The lowest BCUT2D eigenvalue weighted by atomic mass is 10.2. The Hall–Kier alpha value is -3.87. The molecule has 12 heteroatoms. The minimum Gasteiger partial charge on any atom is -0.444 e. The Morgan fingerprint density at radius 1 is 1.16 bits per heavy atom. The number of carbonyl (C=O) groups excluding carboxylic acids is 1. The number of hydrogen-bond donors (Lipinski definition) is 2. The van der Waals surface area contributed by atoms with E-state index in [9.17, 15) is 4.79 Å². The maximum Gasteiger partial charge on any atom is 0.277 e. The normalized spacial score (nSPS) is 18.9. The van der Waals surface area contributed by atoms with Gasteiger partial charge in [-0.05, 0) is 26.1 Å². The molecule has 0 bridgehead atoms. The van der Waals surface area contributed by atoms with Crippen molar-refractivity contribution in [2.45, 2.75) is 13.0 Å². The minimum atomic E-state index is -0.406. The van der Waals surface area contributed by atoms with Crippen molar-refractivity contribution >= 4 is 28.6 Å². The molecule has 37 heavy (non-hydrogen) atoms. The molecule has 4 aromatic heterocycles. The number of fused-ring (bicyclic) bond motifs is 1. The van der Waals surface area contributed by atoms with E-state index in [-0.39, 0.29) is 11.8 Å². The molecule has 2 aliphatic rings. The molecule has 0 saturated carbocycles. The second kappa shape index (κ2) is 9.88. The zero-order valence-electron chi connectivity index (χ0n) is 20.7. The van der Waals surface area contributed by atoms with Crippen molar-refractivity contribution in [3.05, 3.63) is 47.9 Å². The smallest absolute Gasteiger partial charge is 0.277 e. The van der Waals surface area contributed by atoms with Crippen molar-refractivity contribution in [2.24, 2.45) is 0 Å². The number of pyridine rings is 2. The quantitative estimate of drug-likeness (QED) is 0.414. The van der Waals surface area contributed by atoms with Crippen molar-refractivity contribution < 1.29 is 18.4 Å². The highest BCUT2D eigenvalue weighted by atomic mass is 16.5. The Bertz CT molecular complexity index is 1420. The van der Waals surface area contributed by atoms with Crippen molar-refractivity contribution in [1.29, 1.82) is 0 Å². The van der Waals surface area contributed by atoms with Gasteiger partial charge in [0, 0.05) is 62.8 Å². The summed E-state index contributed by atoms with van der Waals surface area (Å²) < 4.78 is 17.4. The third kappa shape index (κ3) is 4.90. The Morgan fingerprint density at radius 3 is 2.81 bits per heavy atom. The third-order valence-corrected chi connectivity index (χ3v) is 6.51. The fourth-order valence-corrected chi connectivity index (χ4v) is 4.46. The first-order valence-corrected chi connectivity index (χ1v) is 12.3. The van der Waals surface area contributed by atoms with Crippen molar-refractivity contribution in [3.63, 3.8) is 0 Å². The molecular weight excluding hydrogens is 476 g/mol. The van der Waals surface area contributed by atoms with Gasteiger partial charge in [0.05, 0.1) is 12.3 Å². The molecule has 1 amide bonds. The standard InChI is InChI=1S/C25H28N8O4/c1-15-11-16(3-4-27-15)24-29-18(14-36-24)23(34)28-17-12-19-21(30-22(17)33-8-6-32(2)7-9-33)31-25(37-19)20-13-26-5-10-35-20/h3-4,11-12,14,20,26H,5-10,13H2,1-2H3,(H,28,34). The minimum absolute atomic E-state index is 0.161. The zero-order chi connectivity index (χ0) is 25.4. The fraction of sp³-hybridized carbons (Fsp3) is 0.400. The number of aryl methyl sites for hydroxylation is 1. The maximum atomic E-state index is 13.2. The van der Waals surface area contributed by atoms with Gasteiger partial charge in [0.25, 0.3) is 5.91 Å². The number of piperazine rings is 1. The largest absolute Gasteiger partial charge is 0.444 e. The van der Waals surface area contributed by atoms with E-state index in [0.717, 1.165) is 44.0 Å². The van der Waals surface area contributed by atoms with E-state index in [4.69, 9.17) is 18.6 Å². The van der Waals surface area contributed by atoms with E-state index in [1.54, 1.807) is 18.3 Å². The highest BCUT2D eigenvalue weighted by Gasteiger charge is 2.26. The lowest BCUT2D eigenvalue weighted by Crippen LogP contribution is -2.45. The molecule has 2 N–H and O–H groups in total. The van der Waals surface area contributed by atoms with Crippen LogP contribution in [0.25, 0.3) is 22.7 Å². The van der Waals surface area contributed by atoms with Crippen molar-refractivity contribution in [1.82, 2.24) is 30.2 Å². The predicted molar refractivity (Wildman–Crippen MR) is 136 cm³/mol. The molecule has 12 nitrogen and oxygen atoms in total. The van der Waals surface area contributed by atoms with Crippen LogP contribution in [0, 0.1) is 6.92 Å². The number of anilines is 2. The maximum absolute atomic E-state index is 13.2. The lowest BCUT2D eigenvalue weighted by Gasteiger charge is -2.34. The average molecular weight is 505 g/mol. The van der Waals surface area contributed by atoms with E-state index in [0.29, 0.717) is 47.7 Å². The molecule has 2 fully saturated rings. The number of ether oxygens (including phenoxy) is 1. The van der Waals surface area contributed by atoms with Crippen LogP contribution in [0.2, 0.25) is 0 Å². The molecular formula is C25H28N8O4.